The molecule has 0 unspecified atom stereocenters. The number of hydrogen-bond donors (Lipinski definition) is 1. The first kappa shape index (κ1) is 13.4. The average Bonchev–Trinajstić information content (AvgIpc) is 2.33. The second kappa shape index (κ2) is 5.73. The van der Waals surface area contributed by atoms with E-state index in [-0.39, 0.29) is 10.7 Å². The number of hydrogen-bond acceptors (Lipinski definition) is 4. The highest BCUT2D eigenvalue weighted by Crippen LogP contribution is 2.21. The van der Waals surface area contributed by atoms with Crippen LogP contribution in [-0.4, -0.2) is 20.9 Å². The Bertz CT molecular complexity index is 608. The quantitative estimate of drug-likeness (QED) is 0.797. The van der Waals surface area contributed by atoms with Crippen molar-refractivity contribution in [3.8, 4) is 0 Å². The van der Waals surface area contributed by atoms with Gasteiger partial charge in [0.1, 0.15) is 14.4 Å². The van der Waals surface area contributed by atoms with Crippen LogP contribution in [0.5, 0.6) is 0 Å². The van der Waals surface area contributed by atoms with E-state index in [9.17, 15) is 4.79 Å². The number of carbonyl (C=O) groups excluding carboxylic acids is 1. The molecule has 92 valence electrons. The predicted molar refractivity (Wildman–Crippen MR) is 74.6 cm³/mol. The molecule has 0 atom stereocenters. The van der Waals surface area contributed by atoms with Gasteiger partial charge >= 0.3 is 0 Å². The summed E-state index contributed by atoms with van der Waals surface area (Å²) >= 11 is 12.2. The van der Waals surface area contributed by atoms with Crippen molar-refractivity contribution >= 4 is 55.2 Å². The molecule has 1 N–H and O–H groups in total. The summed E-state index contributed by atoms with van der Waals surface area (Å²) in [5.74, 6) is -0.0893. The highest BCUT2D eigenvalue weighted by Gasteiger charge is 2.13. The van der Waals surface area contributed by atoms with Crippen LogP contribution in [0, 0.1) is 0 Å². The largest absolute Gasteiger partial charge is 0.304 e. The lowest BCUT2D eigenvalue weighted by atomic mass is 10.3. The van der Waals surface area contributed by atoms with Crippen LogP contribution in [0.3, 0.4) is 0 Å². The molecule has 0 saturated heterocycles. The molecular formula is C10H5Br2ClN4O. The monoisotopic (exact) mass is 390 g/mol. The van der Waals surface area contributed by atoms with Crippen molar-refractivity contribution < 1.29 is 4.79 Å². The van der Waals surface area contributed by atoms with E-state index >= 15 is 0 Å². The zero-order chi connectivity index (χ0) is 13.1. The first-order chi connectivity index (χ1) is 8.58. The van der Waals surface area contributed by atoms with E-state index in [4.69, 9.17) is 11.6 Å². The van der Waals surface area contributed by atoms with Gasteiger partial charge in [-0.25, -0.2) is 15.0 Å². The fourth-order valence-electron chi connectivity index (χ4n) is 1.16. The molecule has 2 rings (SSSR count). The summed E-state index contributed by atoms with van der Waals surface area (Å²) in [4.78, 5) is 23.8. The zero-order valence-corrected chi connectivity index (χ0v) is 12.6. The number of anilines is 1. The third kappa shape index (κ3) is 3.04. The van der Waals surface area contributed by atoms with E-state index in [1.54, 1.807) is 12.1 Å². The first-order valence-corrected chi connectivity index (χ1v) is 6.64. The number of carbonyl (C=O) groups is 1. The molecule has 8 heteroatoms. The lowest BCUT2D eigenvalue weighted by Crippen LogP contribution is -2.14. The van der Waals surface area contributed by atoms with Crippen LogP contribution in [0.4, 0.5) is 5.82 Å². The fraction of sp³-hybridized carbons (Fsp3) is 0. The molecule has 18 heavy (non-hydrogen) atoms. The molecule has 0 aliphatic heterocycles. The Kier molecular flexibility index (Phi) is 4.26. The summed E-state index contributed by atoms with van der Waals surface area (Å²) in [6.45, 7) is 0. The van der Waals surface area contributed by atoms with Gasteiger partial charge in [-0.2, -0.15) is 0 Å². The number of nitrogens with one attached hydrogen (secondary N) is 1. The van der Waals surface area contributed by atoms with Gasteiger partial charge in [0.05, 0.1) is 11.8 Å². The Morgan fingerprint density at radius 2 is 2.11 bits per heavy atom. The molecule has 0 aliphatic rings. The smallest absolute Gasteiger partial charge is 0.260 e. The second-order valence-corrected chi connectivity index (χ2v) is 5.05. The van der Waals surface area contributed by atoms with Gasteiger partial charge in [0, 0.05) is 6.20 Å². The van der Waals surface area contributed by atoms with E-state index in [2.05, 4.69) is 52.1 Å². The summed E-state index contributed by atoms with van der Waals surface area (Å²) in [6.07, 6.45) is 2.99. The van der Waals surface area contributed by atoms with Gasteiger partial charge in [-0.15, -0.1) is 0 Å². The number of halogens is 3. The maximum atomic E-state index is 11.9. The van der Waals surface area contributed by atoms with Gasteiger partial charge in [-0.1, -0.05) is 11.6 Å². The van der Waals surface area contributed by atoms with Gasteiger partial charge in [-0.05, 0) is 44.0 Å². The highest BCUT2D eigenvalue weighted by atomic mass is 79.9. The summed E-state index contributed by atoms with van der Waals surface area (Å²) in [7, 11) is 0. The normalized spacial score (nSPS) is 10.2. The van der Waals surface area contributed by atoms with Crippen LogP contribution in [0.2, 0.25) is 5.15 Å². The predicted octanol–water partition coefficient (Wildman–Crippen LogP) is 3.30. The molecule has 2 aromatic heterocycles. The number of pyridine rings is 1. The zero-order valence-electron chi connectivity index (χ0n) is 8.69. The van der Waals surface area contributed by atoms with Crippen molar-refractivity contribution in [2.45, 2.75) is 0 Å². The minimum absolute atomic E-state index is 0.135. The van der Waals surface area contributed by atoms with Crippen molar-refractivity contribution in [1.82, 2.24) is 15.0 Å². The maximum Gasteiger partial charge on any atom is 0.260 e. The number of aromatic nitrogens is 3. The van der Waals surface area contributed by atoms with Gasteiger partial charge in [0.25, 0.3) is 5.91 Å². The van der Waals surface area contributed by atoms with E-state index in [0.717, 1.165) is 0 Å². The lowest BCUT2D eigenvalue weighted by Gasteiger charge is -2.06. The number of amides is 1. The fourth-order valence-corrected chi connectivity index (χ4v) is 2.28. The summed E-state index contributed by atoms with van der Waals surface area (Å²) in [5, 5.41) is 2.73. The van der Waals surface area contributed by atoms with Crippen LogP contribution in [0.25, 0.3) is 0 Å². The summed E-state index contributed by atoms with van der Waals surface area (Å²) < 4.78 is 0.983. The van der Waals surface area contributed by atoms with Gasteiger partial charge in [-0.3, -0.25) is 4.79 Å². The molecule has 0 bridgehead atoms. The van der Waals surface area contributed by atoms with Crippen LogP contribution in [0.15, 0.2) is 33.7 Å². The third-order valence-electron chi connectivity index (χ3n) is 1.94. The number of rotatable bonds is 2. The highest BCUT2D eigenvalue weighted by molar-refractivity contribution is 9.11. The standard InChI is InChI=1S/C10H5Br2ClN4O/c11-6-4-15-9(7(12)16-6)17-10(18)5-2-1-3-14-8(5)13/h1-4H,(H,15,17,18). The van der Waals surface area contributed by atoms with Gasteiger partial charge in [0.2, 0.25) is 0 Å². The van der Waals surface area contributed by atoms with Crippen molar-refractivity contribution in [2.24, 2.45) is 0 Å². The Morgan fingerprint density at radius 1 is 1.33 bits per heavy atom. The van der Waals surface area contributed by atoms with Gasteiger partial charge < -0.3 is 5.32 Å². The molecule has 0 radical (unpaired) electrons. The van der Waals surface area contributed by atoms with Crippen molar-refractivity contribution in [1.29, 1.82) is 0 Å². The van der Waals surface area contributed by atoms with Crippen LogP contribution >= 0.6 is 43.5 Å². The van der Waals surface area contributed by atoms with E-state index < -0.39 is 5.91 Å². The molecule has 0 aromatic carbocycles. The van der Waals surface area contributed by atoms with E-state index in [1.165, 1.54) is 12.4 Å². The van der Waals surface area contributed by atoms with Crippen molar-refractivity contribution in [3.63, 3.8) is 0 Å². The average molecular weight is 392 g/mol. The Hall–Kier alpha value is -1.05. The first-order valence-electron chi connectivity index (χ1n) is 4.68. The molecule has 1 amide bonds. The topological polar surface area (TPSA) is 67.8 Å². The third-order valence-corrected chi connectivity index (χ3v) is 3.17. The second-order valence-electron chi connectivity index (χ2n) is 3.13. The van der Waals surface area contributed by atoms with E-state index in [1.807, 2.05) is 0 Å². The minimum Gasteiger partial charge on any atom is -0.304 e. The van der Waals surface area contributed by atoms with Crippen molar-refractivity contribution in [3.05, 3.63) is 44.4 Å². The molecule has 0 aliphatic carbocycles. The SMILES string of the molecule is O=C(Nc1ncc(Br)nc1Br)c1cccnc1Cl. The molecule has 0 saturated carbocycles. The Labute approximate surface area is 124 Å². The maximum absolute atomic E-state index is 11.9. The van der Waals surface area contributed by atoms with Crippen LogP contribution in [-0.2, 0) is 0 Å². The molecule has 0 spiro atoms. The Balaban J connectivity index is 2.24. The molecule has 2 heterocycles. The lowest BCUT2D eigenvalue weighted by molar-refractivity contribution is 0.102. The van der Waals surface area contributed by atoms with Gasteiger partial charge in [0.15, 0.2) is 5.82 Å². The summed E-state index contributed by atoms with van der Waals surface area (Å²) in [6, 6.07) is 3.20. The molecule has 2 aromatic rings. The minimum atomic E-state index is -0.398. The molecule has 5 nitrogen and oxygen atoms in total. The number of nitrogens with zero attached hydrogens (tertiary/aromatic N) is 3. The molecule has 0 fully saturated rings. The Morgan fingerprint density at radius 3 is 2.78 bits per heavy atom. The van der Waals surface area contributed by atoms with Crippen LogP contribution in [0.1, 0.15) is 10.4 Å². The molecular weight excluding hydrogens is 387 g/mol. The van der Waals surface area contributed by atoms with Crippen molar-refractivity contribution in [2.75, 3.05) is 5.32 Å². The van der Waals surface area contributed by atoms with Crippen LogP contribution < -0.4 is 5.32 Å². The van der Waals surface area contributed by atoms with E-state index in [0.29, 0.717) is 15.0 Å². The summed E-state index contributed by atoms with van der Waals surface area (Å²) in [5.41, 5.74) is 0.274.